The fourth-order valence-corrected chi connectivity index (χ4v) is 0.526. The second-order valence-electron chi connectivity index (χ2n) is 0.924. The maximum atomic E-state index is 10.3. The van der Waals surface area contributed by atoms with Crippen molar-refractivity contribution < 1.29 is 8.39 Å². The van der Waals surface area contributed by atoms with Gasteiger partial charge in [-0.3, -0.25) is 4.18 Å². The van der Waals surface area contributed by atoms with Crippen LogP contribution >= 0.6 is 0 Å². The predicted molar refractivity (Wildman–Crippen MR) is 29.7 cm³/mol. The maximum Gasteiger partial charge on any atom is 0.155 e. The van der Waals surface area contributed by atoms with E-state index in [2.05, 4.69) is 4.18 Å². The van der Waals surface area contributed by atoms with Crippen molar-refractivity contribution in [3.8, 4) is 0 Å². The smallest absolute Gasteiger partial charge is 0.155 e. The molecule has 0 rings (SSSR count). The van der Waals surface area contributed by atoms with Crippen molar-refractivity contribution in [3.05, 3.63) is 6.61 Å². The Morgan fingerprint density at radius 2 is 2.43 bits per heavy atom. The van der Waals surface area contributed by atoms with Crippen LogP contribution in [0.1, 0.15) is 13.8 Å². The van der Waals surface area contributed by atoms with Crippen LogP contribution < -0.4 is 0 Å². The summed E-state index contributed by atoms with van der Waals surface area (Å²) in [5, 5.41) is 0. The Hall–Kier alpha value is 0.110. The molecular formula is C4H9O2S. The van der Waals surface area contributed by atoms with Crippen LogP contribution in [0, 0.1) is 6.61 Å². The maximum absolute atomic E-state index is 10.3. The summed E-state index contributed by atoms with van der Waals surface area (Å²) in [6.07, 6.45) is 0. The summed E-state index contributed by atoms with van der Waals surface area (Å²) >= 11 is -1.08. The third-order valence-electron chi connectivity index (χ3n) is 0.439. The predicted octanol–water partition coefficient (Wildman–Crippen LogP) is 0.868. The zero-order valence-electron chi connectivity index (χ0n) is 4.51. The minimum atomic E-state index is -1.08. The fraction of sp³-hybridized carbons (Fsp3) is 0.750. The third kappa shape index (κ3) is 3.95. The van der Waals surface area contributed by atoms with Crippen LogP contribution in [0.2, 0.25) is 0 Å². The quantitative estimate of drug-likeness (QED) is 0.553. The van der Waals surface area contributed by atoms with Crippen molar-refractivity contribution in [2.24, 2.45) is 0 Å². The van der Waals surface area contributed by atoms with Gasteiger partial charge >= 0.3 is 0 Å². The molecule has 0 saturated heterocycles. The lowest BCUT2D eigenvalue weighted by atomic mass is 10.9. The SMILES string of the molecule is C[CH]OS(=O)CC. The average Bonchev–Trinajstić information content (AvgIpc) is 1.68. The van der Waals surface area contributed by atoms with Gasteiger partial charge in [-0.1, -0.05) is 6.92 Å². The molecule has 2 nitrogen and oxygen atoms in total. The molecule has 1 radical (unpaired) electrons. The van der Waals surface area contributed by atoms with Crippen LogP contribution in [0.15, 0.2) is 0 Å². The van der Waals surface area contributed by atoms with Gasteiger partial charge in [0.25, 0.3) is 0 Å². The van der Waals surface area contributed by atoms with Crippen molar-refractivity contribution in [3.63, 3.8) is 0 Å². The topological polar surface area (TPSA) is 26.3 Å². The molecule has 0 spiro atoms. The first-order valence-corrected chi connectivity index (χ1v) is 3.39. The summed E-state index contributed by atoms with van der Waals surface area (Å²) in [4.78, 5) is 0. The Bertz CT molecular complexity index is 62.7. The molecule has 0 aliphatic carbocycles. The minimum Gasteiger partial charge on any atom is -0.285 e. The van der Waals surface area contributed by atoms with Crippen LogP contribution in [-0.2, 0) is 15.3 Å². The van der Waals surface area contributed by atoms with Crippen molar-refractivity contribution in [1.82, 2.24) is 0 Å². The Morgan fingerprint density at radius 1 is 1.86 bits per heavy atom. The van der Waals surface area contributed by atoms with Gasteiger partial charge < -0.3 is 0 Å². The van der Waals surface area contributed by atoms with Crippen LogP contribution in [0.4, 0.5) is 0 Å². The molecule has 1 unspecified atom stereocenters. The lowest BCUT2D eigenvalue weighted by molar-refractivity contribution is 0.447. The van der Waals surface area contributed by atoms with E-state index in [-0.39, 0.29) is 0 Å². The fourth-order valence-electron chi connectivity index (χ4n) is 0.175. The minimum absolute atomic E-state index is 0.560. The first kappa shape index (κ1) is 7.11. The molecule has 0 aromatic carbocycles. The second kappa shape index (κ2) is 4.27. The molecule has 0 aromatic heterocycles. The van der Waals surface area contributed by atoms with Crippen molar-refractivity contribution >= 4 is 11.1 Å². The Morgan fingerprint density at radius 3 is 2.57 bits per heavy atom. The molecule has 7 heavy (non-hydrogen) atoms. The van der Waals surface area contributed by atoms with Crippen molar-refractivity contribution in [2.45, 2.75) is 13.8 Å². The van der Waals surface area contributed by atoms with E-state index < -0.39 is 11.1 Å². The summed E-state index contributed by atoms with van der Waals surface area (Å²) in [6, 6.07) is 0. The lowest BCUT2D eigenvalue weighted by Crippen LogP contribution is -1.93. The molecule has 0 bridgehead atoms. The molecule has 3 heteroatoms. The standard InChI is InChI=1S/C4H9O2S/c1-3-6-7(5)4-2/h3H,4H2,1-2H3. The molecule has 0 heterocycles. The summed E-state index contributed by atoms with van der Waals surface area (Å²) in [6.45, 7) is 4.94. The summed E-state index contributed by atoms with van der Waals surface area (Å²) < 4.78 is 14.8. The van der Waals surface area contributed by atoms with Crippen LogP contribution in [0.3, 0.4) is 0 Å². The van der Waals surface area contributed by atoms with Crippen molar-refractivity contribution in [2.75, 3.05) is 5.75 Å². The second-order valence-corrected chi connectivity index (χ2v) is 2.30. The highest BCUT2D eigenvalue weighted by atomic mass is 32.2. The molecule has 0 saturated carbocycles. The monoisotopic (exact) mass is 121 g/mol. The number of hydrogen-bond acceptors (Lipinski definition) is 2. The Kier molecular flexibility index (Phi) is 4.34. The summed E-state index contributed by atoms with van der Waals surface area (Å²) in [5.41, 5.74) is 0. The normalized spacial score (nSPS) is 14.0. The Labute approximate surface area is 46.5 Å². The van der Waals surface area contributed by atoms with Gasteiger partial charge in [0.1, 0.15) is 0 Å². The largest absolute Gasteiger partial charge is 0.285 e. The number of rotatable bonds is 3. The highest BCUT2D eigenvalue weighted by Gasteiger charge is 1.88. The third-order valence-corrected chi connectivity index (χ3v) is 1.32. The van der Waals surface area contributed by atoms with E-state index in [1.807, 2.05) is 0 Å². The molecule has 1 atom stereocenters. The van der Waals surface area contributed by atoms with E-state index in [9.17, 15) is 4.21 Å². The molecule has 0 amide bonds. The van der Waals surface area contributed by atoms with E-state index in [4.69, 9.17) is 0 Å². The summed E-state index contributed by atoms with van der Waals surface area (Å²) in [5.74, 6) is 0.560. The van der Waals surface area contributed by atoms with Crippen molar-refractivity contribution in [1.29, 1.82) is 0 Å². The molecule has 0 N–H and O–H groups in total. The average molecular weight is 121 g/mol. The van der Waals surface area contributed by atoms with E-state index in [0.29, 0.717) is 5.75 Å². The molecule has 43 valence electrons. The first-order chi connectivity index (χ1) is 3.31. The Balaban J connectivity index is 3.00. The van der Waals surface area contributed by atoms with Crippen LogP contribution in [0.25, 0.3) is 0 Å². The van der Waals surface area contributed by atoms with Gasteiger partial charge in [-0.2, -0.15) is 0 Å². The van der Waals surface area contributed by atoms with Gasteiger partial charge in [0.2, 0.25) is 0 Å². The highest BCUT2D eigenvalue weighted by molar-refractivity contribution is 7.80. The molecule has 0 aliphatic rings. The molecule has 0 aromatic rings. The zero-order chi connectivity index (χ0) is 5.70. The van der Waals surface area contributed by atoms with E-state index in [1.165, 1.54) is 6.61 Å². The van der Waals surface area contributed by atoms with E-state index in [0.717, 1.165) is 0 Å². The molecule has 0 fully saturated rings. The lowest BCUT2D eigenvalue weighted by Gasteiger charge is -1.91. The number of hydrogen-bond donors (Lipinski definition) is 0. The van der Waals surface area contributed by atoms with E-state index in [1.54, 1.807) is 13.8 Å². The van der Waals surface area contributed by atoms with E-state index >= 15 is 0 Å². The van der Waals surface area contributed by atoms with Gasteiger partial charge in [0.15, 0.2) is 11.1 Å². The van der Waals surface area contributed by atoms with Gasteiger partial charge in [-0.15, -0.1) is 0 Å². The van der Waals surface area contributed by atoms with Crippen LogP contribution in [0.5, 0.6) is 0 Å². The van der Waals surface area contributed by atoms with Crippen LogP contribution in [-0.4, -0.2) is 9.96 Å². The molecule has 0 aliphatic heterocycles. The summed E-state index contributed by atoms with van der Waals surface area (Å²) in [7, 11) is 0. The highest BCUT2D eigenvalue weighted by Crippen LogP contribution is 1.85. The molecular weight excluding hydrogens is 112 g/mol. The first-order valence-electron chi connectivity index (χ1n) is 2.14. The van der Waals surface area contributed by atoms with Gasteiger partial charge in [0, 0.05) is 5.75 Å². The van der Waals surface area contributed by atoms with Gasteiger partial charge in [0.05, 0.1) is 6.61 Å². The van der Waals surface area contributed by atoms with Gasteiger partial charge in [-0.05, 0) is 6.92 Å². The zero-order valence-corrected chi connectivity index (χ0v) is 5.33. The van der Waals surface area contributed by atoms with Gasteiger partial charge in [-0.25, -0.2) is 4.21 Å².